The van der Waals surface area contributed by atoms with E-state index in [0.29, 0.717) is 62.2 Å². The van der Waals surface area contributed by atoms with Gasteiger partial charge in [-0.3, -0.25) is 4.99 Å². The minimum atomic E-state index is 0.190. The van der Waals surface area contributed by atoms with Crippen LogP contribution in [0.2, 0.25) is 0 Å². The molecule has 10 heteroatoms. The SMILES string of the molecule is [B]c1c([B])c(C(C)=NC(=NCc2ccccc2)c2ccccc2)c2c(oc3c([B])c(-n4c5ccccc5c5c6oc7ccccc7c6ccc54)c([B])c(C)c32)c1[B]. The van der Waals surface area contributed by atoms with E-state index in [1.807, 2.05) is 105 Å². The minimum Gasteiger partial charge on any atom is -0.457 e. The summed E-state index contributed by atoms with van der Waals surface area (Å²) in [5, 5.41) is 5.34. The maximum atomic E-state index is 7.23. The van der Waals surface area contributed by atoms with E-state index in [-0.39, 0.29) is 16.4 Å². The summed E-state index contributed by atoms with van der Waals surface area (Å²) in [6.45, 7) is 4.27. The molecule has 0 saturated carbocycles. The number of aromatic nitrogens is 1. The lowest BCUT2D eigenvalue weighted by Gasteiger charge is -2.19. The fourth-order valence-electron chi connectivity index (χ4n) is 8.34. The van der Waals surface area contributed by atoms with E-state index >= 15 is 0 Å². The van der Waals surface area contributed by atoms with Crippen LogP contribution in [-0.2, 0) is 6.54 Å². The summed E-state index contributed by atoms with van der Waals surface area (Å²) in [4.78, 5) is 10.1. The number of aliphatic imine (C=N–C) groups is 2. The van der Waals surface area contributed by atoms with E-state index in [2.05, 4.69) is 34.9 Å². The lowest BCUT2D eigenvalue weighted by molar-refractivity contribution is 0.673. The predicted molar refractivity (Wildman–Crippen MR) is 242 cm³/mol. The average molecular weight is 721 g/mol. The Bertz CT molecular complexity index is 3340. The van der Waals surface area contributed by atoms with Gasteiger partial charge in [-0.1, -0.05) is 113 Å². The second kappa shape index (κ2) is 13.4. The molecule has 5 nitrogen and oxygen atoms in total. The summed E-state index contributed by atoms with van der Waals surface area (Å²) < 4.78 is 15.3. The molecule has 0 amide bonds. The summed E-state index contributed by atoms with van der Waals surface area (Å²) in [6.07, 6.45) is 0. The molecule has 0 aliphatic carbocycles. The van der Waals surface area contributed by atoms with Crippen molar-refractivity contribution < 1.29 is 8.83 Å². The standard InChI is InChI=1S/C47H28B5N3O2/c1-24-34-37-35(25(2)54-47(27-15-7-4-8-16-27)53-23-26-13-5-3-6-14-26)39(49)40(50)41(51)46(37)57-45(34)42(52)43(38(24)48)55-31-19-11-9-18-30(31)36-32(55)22-21-29-28-17-10-12-20-33(28)56-44(29)36/h3-22H,23H2,1-2H3. The van der Waals surface area contributed by atoms with Crippen LogP contribution in [0.3, 0.4) is 0 Å². The first kappa shape index (κ1) is 35.0. The third-order valence-electron chi connectivity index (χ3n) is 11.1. The van der Waals surface area contributed by atoms with Crippen molar-refractivity contribution in [2.75, 3.05) is 0 Å². The maximum Gasteiger partial charge on any atom is 0.155 e. The monoisotopic (exact) mass is 721 g/mol. The van der Waals surface area contributed by atoms with Gasteiger partial charge in [-0.25, -0.2) is 4.99 Å². The highest BCUT2D eigenvalue weighted by Crippen LogP contribution is 2.41. The van der Waals surface area contributed by atoms with Crippen LogP contribution in [0.4, 0.5) is 0 Å². The summed E-state index contributed by atoms with van der Waals surface area (Å²) in [5.74, 6) is 0.538. The van der Waals surface area contributed by atoms with Crippen LogP contribution in [0.5, 0.6) is 0 Å². The van der Waals surface area contributed by atoms with Gasteiger partial charge >= 0.3 is 0 Å². The highest BCUT2D eigenvalue weighted by Gasteiger charge is 2.27. The first-order valence-corrected chi connectivity index (χ1v) is 18.7. The number of furan rings is 2. The number of amidine groups is 1. The quantitative estimate of drug-likeness (QED) is 0.119. The zero-order valence-electron chi connectivity index (χ0n) is 31.3. The summed E-state index contributed by atoms with van der Waals surface area (Å²) in [7, 11) is 34.7. The number of aryl methyl sites for hydroxylation is 1. The fraction of sp³-hybridized carbons (Fsp3) is 0.0638. The van der Waals surface area contributed by atoms with Gasteiger partial charge in [-0.15, -0.1) is 5.46 Å². The van der Waals surface area contributed by atoms with E-state index in [4.69, 9.17) is 58.1 Å². The molecule has 0 aliphatic rings. The first-order valence-electron chi connectivity index (χ1n) is 18.7. The molecule has 258 valence electrons. The van der Waals surface area contributed by atoms with Gasteiger partial charge in [-0.2, -0.15) is 0 Å². The number of benzene rings is 7. The molecule has 0 aliphatic heterocycles. The van der Waals surface area contributed by atoms with Gasteiger partial charge < -0.3 is 13.4 Å². The van der Waals surface area contributed by atoms with Gasteiger partial charge in [0.2, 0.25) is 0 Å². The van der Waals surface area contributed by atoms with Crippen molar-refractivity contribution in [3.05, 3.63) is 144 Å². The van der Waals surface area contributed by atoms with Crippen molar-refractivity contribution in [2.24, 2.45) is 9.98 Å². The van der Waals surface area contributed by atoms with Crippen LogP contribution in [-0.4, -0.2) is 55.3 Å². The molecule has 10 aromatic rings. The van der Waals surface area contributed by atoms with Crippen LogP contribution in [0, 0.1) is 6.92 Å². The average Bonchev–Trinajstić information content (AvgIpc) is 3.92. The number of nitrogens with zero attached hydrogens (tertiary/aromatic N) is 3. The lowest BCUT2D eigenvalue weighted by atomic mass is 9.68. The van der Waals surface area contributed by atoms with E-state index < -0.39 is 0 Å². The number of para-hydroxylation sites is 2. The molecule has 0 spiro atoms. The van der Waals surface area contributed by atoms with Crippen molar-refractivity contribution >= 4 is 144 Å². The van der Waals surface area contributed by atoms with Crippen molar-refractivity contribution in [2.45, 2.75) is 20.4 Å². The van der Waals surface area contributed by atoms with Gasteiger partial charge in [0.15, 0.2) is 5.84 Å². The Morgan fingerprint density at radius 3 is 2.00 bits per heavy atom. The molecule has 0 atom stereocenters. The van der Waals surface area contributed by atoms with E-state index in [0.717, 1.165) is 60.4 Å². The predicted octanol–water partition coefficient (Wildman–Crippen LogP) is 6.32. The van der Waals surface area contributed by atoms with Gasteiger partial charge in [-0.05, 0) is 60.3 Å². The zero-order chi connectivity index (χ0) is 39.1. The summed E-state index contributed by atoms with van der Waals surface area (Å²) in [6, 6.07) is 40.3. The van der Waals surface area contributed by atoms with E-state index in [1.165, 1.54) is 0 Å². The Morgan fingerprint density at radius 2 is 1.23 bits per heavy atom. The van der Waals surface area contributed by atoms with Gasteiger partial charge in [0.1, 0.15) is 61.6 Å². The second-order valence-electron chi connectivity index (χ2n) is 14.4. The highest BCUT2D eigenvalue weighted by atomic mass is 16.3. The molecule has 10 rings (SSSR count). The molecule has 0 saturated heterocycles. The smallest absolute Gasteiger partial charge is 0.155 e. The van der Waals surface area contributed by atoms with Gasteiger partial charge in [0.05, 0.1) is 23.0 Å². The van der Waals surface area contributed by atoms with Crippen LogP contribution in [0.15, 0.2) is 140 Å². The Kier molecular flexibility index (Phi) is 8.22. The van der Waals surface area contributed by atoms with Gasteiger partial charge in [0.25, 0.3) is 0 Å². The van der Waals surface area contributed by atoms with E-state index in [9.17, 15) is 0 Å². The largest absolute Gasteiger partial charge is 0.457 e. The molecule has 57 heavy (non-hydrogen) atoms. The molecule has 0 unspecified atom stereocenters. The molecule has 0 N–H and O–H groups in total. The third-order valence-corrected chi connectivity index (χ3v) is 11.1. The van der Waals surface area contributed by atoms with Crippen molar-refractivity contribution in [3.63, 3.8) is 0 Å². The third kappa shape index (κ3) is 5.30. The molecule has 3 heterocycles. The van der Waals surface area contributed by atoms with Crippen LogP contribution in [0.1, 0.15) is 29.2 Å². The Hall–Kier alpha value is -6.40. The summed E-state index contributed by atoms with van der Waals surface area (Å²) in [5.41, 5.74) is 10.0. The molecule has 3 aromatic heterocycles. The number of hydrogen-bond donors (Lipinski definition) is 0. The Balaban J connectivity index is 1.24. The van der Waals surface area contributed by atoms with Crippen LogP contribution >= 0.6 is 0 Å². The van der Waals surface area contributed by atoms with Crippen molar-refractivity contribution in [1.82, 2.24) is 4.57 Å². The van der Waals surface area contributed by atoms with Crippen molar-refractivity contribution in [3.8, 4) is 5.69 Å². The highest BCUT2D eigenvalue weighted by molar-refractivity contribution is 6.63. The van der Waals surface area contributed by atoms with Crippen LogP contribution < -0.4 is 27.3 Å². The zero-order valence-corrected chi connectivity index (χ0v) is 31.3. The topological polar surface area (TPSA) is 55.9 Å². The lowest BCUT2D eigenvalue weighted by Crippen LogP contribution is -2.42. The maximum absolute atomic E-state index is 7.23. The molecule has 0 bridgehead atoms. The molecular formula is C47H28B5N3O2. The normalized spacial score (nSPS) is 12.7. The second-order valence-corrected chi connectivity index (χ2v) is 14.4. The first-order chi connectivity index (χ1) is 27.7. The van der Waals surface area contributed by atoms with E-state index in [1.54, 1.807) is 0 Å². The summed E-state index contributed by atoms with van der Waals surface area (Å²) >= 11 is 0. The number of fused-ring (bicyclic) bond motifs is 10. The van der Waals surface area contributed by atoms with Crippen molar-refractivity contribution in [1.29, 1.82) is 0 Å². The molecule has 7 aromatic carbocycles. The van der Waals surface area contributed by atoms with Crippen LogP contribution in [0.25, 0.3) is 71.4 Å². The minimum absolute atomic E-state index is 0.190. The fourth-order valence-corrected chi connectivity index (χ4v) is 8.34. The van der Waals surface area contributed by atoms with Gasteiger partial charge in [0, 0.05) is 43.9 Å². The Morgan fingerprint density at radius 1 is 0.561 bits per heavy atom. The number of hydrogen-bond acceptors (Lipinski definition) is 3. The molecule has 0 fully saturated rings. The Labute approximate surface area is 335 Å². The molecular weight excluding hydrogens is 693 g/mol. The molecule has 10 radical (unpaired) electrons. The number of rotatable bonds is 5.